The first kappa shape index (κ1) is 64.9. The van der Waals surface area contributed by atoms with Crippen LogP contribution in [-0.4, -0.2) is 37.2 Å². The monoisotopic (exact) mass is 943 g/mol. The third-order valence-electron chi connectivity index (χ3n) is 13.5. The lowest BCUT2D eigenvalue weighted by atomic mass is 10.0. The summed E-state index contributed by atoms with van der Waals surface area (Å²) in [5, 5.41) is 0. The van der Waals surface area contributed by atoms with E-state index >= 15 is 0 Å². The molecule has 0 aromatic heterocycles. The molecule has 0 rings (SSSR count). The molecule has 0 aromatic rings. The maximum Gasteiger partial charge on any atom is 0.306 e. The van der Waals surface area contributed by atoms with Crippen LogP contribution in [0.15, 0.2) is 24.3 Å². The van der Waals surface area contributed by atoms with Crippen LogP contribution in [0.3, 0.4) is 0 Å². The average molecular weight is 944 g/mol. The van der Waals surface area contributed by atoms with Crippen LogP contribution in [0.2, 0.25) is 0 Å². The first-order chi connectivity index (χ1) is 33.0. The van der Waals surface area contributed by atoms with E-state index < -0.39 is 6.10 Å². The van der Waals surface area contributed by atoms with Crippen molar-refractivity contribution in [1.29, 1.82) is 0 Å². The van der Waals surface area contributed by atoms with Crippen LogP contribution < -0.4 is 0 Å². The third kappa shape index (κ3) is 54.7. The highest BCUT2D eigenvalue weighted by atomic mass is 16.6. The largest absolute Gasteiger partial charge is 0.462 e. The van der Waals surface area contributed by atoms with Gasteiger partial charge in [0.25, 0.3) is 0 Å². The van der Waals surface area contributed by atoms with Crippen molar-refractivity contribution in [3.05, 3.63) is 24.3 Å². The lowest BCUT2D eigenvalue weighted by Crippen LogP contribution is -2.30. The van der Waals surface area contributed by atoms with Crippen LogP contribution in [0.25, 0.3) is 0 Å². The topological polar surface area (TPSA) is 78.9 Å². The summed E-state index contributed by atoms with van der Waals surface area (Å²) in [7, 11) is 0. The number of allylic oxidation sites excluding steroid dienone is 4. The number of unbranched alkanes of at least 4 members (excludes halogenated alkanes) is 40. The molecule has 1 atom stereocenters. The minimum atomic E-state index is -0.772. The fourth-order valence-electron chi connectivity index (χ4n) is 8.95. The van der Waals surface area contributed by atoms with E-state index in [1.54, 1.807) is 0 Å². The molecule has 1 unspecified atom stereocenters. The Bertz CT molecular complexity index is 1080. The quantitative estimate of drug-likeness (QED) is 0.0262. The van der Waals surface area contributed by atoms with E-state index in [9.17, 15) is 14.4 Å². The van der Waals surface area contributed by atoms with E-state index in [0.717, 1.165) is 77.0 Å². The molecule has 0 heterocycles. The number of carbonyl (C=O) groups is 3. The van der Waals surface area contributed by atoms with Crippen LogP contribution in [0.1, 0.15) is 329 Å². The third-order valence-corrected chi connectivity index (χ3v) is 13.5. The predicted molar refractivity (Wildman–Crippen MR) is 289 cm³/mol. The fraction of sp³-hybridized carbons (Fsp3) is 0.885. The van der Waals surface area contributed by atoms with Gasteiger partial charge in [-0.3, -0.25) is 14.4 Å². The highest BCUT2D eigenvalue weighted by molar-refractivity contribution is 5.71. The maximum absolute atomic E-state index is 12.9. The molecule has 0 radical (unpaired) electrons. The van der Waals surface area contributed by atoms with Gasteiger partial charge in [0.05, 0.1) is 0 Å². The summed E-state index contributed by atoms with van der Waals surface area (Å²) in [4.78, 5) is 38.2. The van der Waals surface area contributed by atoms with Gasteiger partial charge in [-0.05, 0) is 51.4 Å². The molecule has 0 aliphatic heterocycles. The fourth-order valence-corrected chi connectivity index (χ4v) is 8.95. The first-order valence-corrected chi connectivity index (χ1v) is 29.8. The molecule has 0 bridgehead atoms. The minimum absolute atomic E-state index is 0.0699. The summed E-state index contributed by atoms with van der Waals surface area (Å²) < 4.78 is 16.9. The van der Waals surface area contributed by atoms with Crippen molar-refractivity contribution < 1.29 is 28.6 Å². The van der Waals surface area contributed by atoms with Crippen LogP contribution in [0.5, 0.6) is 0 Å². The smallest absolute Gasteiger partial charge is 0.306 e. The Morgan fingerprint density at radius 1 is 0.299 bits per heavy atom. The normalized spacial score (nSPS) is 12.1. The molecule has 0 spiro atoms. The summed E-state index contributed by atoms with van der Waals surface area (Å²) in [6.07, 6.45) is 65.9. The predicted octanol–water partition coefficient (Wildman–Crippen LogP) is 19.9. The van der Waals surface area contributed by atoms with Crippen LogP contribution in [0.4, 0.5) is 0 Å². The highest BCUT2D eigenvalue weighted by Crippen LogP contribution is 2.17. The van der Waals surface area contributed by atoms with Crippen molar-refractivity contribution in [2.24, 2.45) is 0 Å². The Balaban J connectivity index is 4.33. The molecule has 0 fully saturated rings. The molecule has 0 amide bonds. The number of hydrogen-bond acceptors (Lipinski definition) is 6. The van der Waals surface area contributed by atoms with Crippen molar-refractivity contribution in [3.8, 4) is 0 Å². The number of carbonyl (C=O) groups excluding carboxylic acids is 3. The van der Waals surface area contributed by atoms with E-state index in [-0.39, 0.29) is 31.1 Å². The van der Waals surface area contributed by atoms with Crippen molar-refractivity contribution in [1.82, 2.24) is 0 Å². The van der Waals surface area contributed by atoms with E-state index in [1.807, 2.05) is 0 Å². The van der Waals surface area contributed by atoms with Gasteiger partial charge >= 0.3 is 17.9 Å². The van der Waals surface area contributed by atoms with E-state index in [2.05, 4.69) is 45.1 Å². The molecule has 394 valence electrons. The standard InChI is InChI=1S/C61H114O6/c1-4-7-10-13-16-19-22-25-28-30-33-36-39-42-45-48-51-54-60(63)66-57-58(56-65-59(62)53-50-47-44-41-38-35-32-27-24-21-18-15-12-9-6-3)67-61(64)55-52-49-46-43-40-37-34-31-29-26-23-20-17-14-11-8-5-2/h18,21,27,32,58H,4-17,19-20,22-26,28-31,33-57H2,1-3H3/b21-18-,32-27-. The number of esters is 3. The molecule has 0 saturated heterocycles. The number of rotatable bonds is 55. The molecule has 0 N–H and O–H groups in total. The summed E-state index contributed by atoms with van der Waals surface area (Å²) in [5.74, 6) is -0.860. The zero-order valence-corrected chi connectivity index (χ0v) is 45.2. The van der Waals surface area contributed by atoms with E-state index in [4.69, 9.17) is 14.2 Å². The van der Waals surface area contributed by atoms with Gasteiger partial charge in [0.1, 0.15) is 13.2 Å². The average Bonchev–Trinajstić information content (AvgIpc) is 3.33. The lowest BCUT2D eigenvalue weighted by molar-refractivity contribution is -0.167. The zero-order valence-electron chi connectivity index (χ0n) is 45.2. The second kappa shape index (κ2) is 56.5. The van der Waals surface area contributed by atoms with Crippen LogP contribution in [0, 0.1) is 0 Å². The highest BCUT2D eigenvalue weighted by Gasteiger charge is 2.19. The van der Waals surface area contributed by atoms with Gasteiger partial charge in [0, 0.05) is 19.3 Å². The molecular formula is C61H114O6. The summed E-state index contributed by atoms with van der Waals surface area (Å²) in [6, 6.07) is 0. The summed E-state index contributed by atoms with van der Waals surface area (Å²) in [5.41, 5.74) is 0. The van der Waals surface area contributed by atoms with Gasteiger partial charge in [-0.2, -0.15) is 0 Å². The second-order valence-electron chi connectivity index (χ2n) is 20.3. The molecule has 6 heteroatoms. The van der Waals surface area contributed by atoms with Gasteiger partial charge in [0.15, 0.2) is 6.10 Å². The molecule has 0 aliphatic rings. The Labute approximate surface area is 417 Å². The van der Waals surface area contributed by atoms with Crippen molar-refractivity contribution >= 4 is 17.9 Å². The minimum Gasteiger partial charge on any atom is -0.462 e. The lowest BCUT2D eigenvalue weighted by Gasteiger charge is -2.18. The number of ether oxygens (including phenoxy) is 3. The maximum atomic E-state index is 12.9. The molecule has 0 aliphatic carbocycles. The first-order valence-electron chi connectivity index (χ1n) is 29.8. The Morgan fingerprint density at radius 2 is 0.537 bits per heavy atom. The van der Waals surface area contributed by atoms with Gasteiger partial charge < -0.3 is 14.2 Å². The van der Waals surface area contributed by atoms with Crippen molar-refractivity contribution in [2.75, 3.05) is 13.2 Å². The zero-order chi connectivity index (χ0) is 48.6. The van der Waals surface area contributed by atoms with Gasteiger partial charge in [0.2, 0.25) is 0 Å². The van der Waals surface area contributed by atoms with Gasteiger partial charge in [-0.25, -0.2) is 0 Å². The Morgan fingerprint density at radius 3 is 0.851 bits per heavy atom. The second-order valence-corrected chi connectivity index (χ2v) is 20.3. The molecule has 6 nitrogen and oxygen atoms in total. The number of hydrogen-bond donors (Lipinski definition) is 0. The summed E-state index contributed by atoms with van der Waals surface area (Å²) in [6.45, 7) is 6.66. The van der Waals surface area contributed by atoms with Crippen molar-refractivity contribution in [2.45, 2.75) is 335 Å². The van der Waals surface area contributed by atoms with Crippen LogP contribution in [-0.2, 0) is 28.6 Å². The summed E-state index contributed by atoms with van der Waals surface area (Å²) >= 11 is 0. The van der Waals surface area contributed by atoms with E-state index in [1.165, 1.54) is 212 Å². The van der Waals surface area contributed by atoms with Gasteiger partial charge in [-0.1, -0.05) is 283 Å². The van der Waals surface area contributed by atoms with Crippen molar-refractivity contribution in [3.63, 3.8) is 0 Å². The molecular weight excluding hydrogens is 829 g/mol. The molecule has 67 heavy (non-hydrogen) atoms. The van der Waals surface area contributed by atoms with Crippen LogP contribution >= 0.6 is 0 Å². The van der Waals surface area contributed by atoms with Gasteiger partial charge in [-0.15, -0.1) is 0 Å². The van der Waals surface area contributed by atoms with E-state index in [0.29, 0.717) is 19.3 Å². The Hall–Kier alpha value is -2.11. The molecule has 0 saturated carbocycles. The SMILES string of the molecule is CCCCC/C=C\C/C=C\CCCCCCCC(=O)OCC(COC(=O)CCCCCCCCCCCCCCCCCCC)OC(=O)CCCCCCCCCCCCCCCCCCC. The molecule has 0 aromatic carbocycles. The Kier molecular flexibility index (Phi) is 54.7.